The highest BCUT2D eigenvalue weighted by molar-refractivity contribution is 7.12. The standard InChI is InChI=1S/C14H19NO4S/c1-2-10-3-8-20-12(10)13(18)15-14(9-11(16)17)4-6-19-7-5-14/h3,8H,2,4-7,9H2,1H3,(H,15,18)(H,16,17). The Labute approximate surface area is 121 Å². The van der Waals surface area contributed by atoms with E-state index in [0.29, 0.717) is 30.9 Å². The summed E-state index contributed by atoms with van der Waals surface area (Å²) in [6, 6.07) is 1.94. The van der Waals surface area contributed by atoms with Crippen LogP contribution in [0.3, 0.4) is 0 Å². The first-order valence-corrected chi connectivity index (χ1v) is 7.63. The van der Waals surface area contributed by atoms with Crippen molar-refractivity contribution in [2.24, 2.45) is 0 Å². The average molecular weight is 297 g/mol. The third-order valence-corrected chi connectivity index (χ3v) is 4.61. The Kier molecular flexibility index (Phi) is 4.77. The van der Waals surface area contributed by atoms with E-state index in [4.69, 9.17) is 9.84 Å². The Morgan fingerprint density at radius 3 is 2.75 bits per heavy atom. The van der Waals surface area contributed by atoms with Crippen LogP contribution < -0.4 is 5.32 Å². The molecule has 0 aliphatic carbocycles. The summed E-state index contributed by atoms with van der Waals surface area (Å²) in [5.41, 5.74) is 0.320. The van der Waals surface area contributed by atoms with E-state index in [1.807, 2.05) is 18.4 Å². The van der Waals surface area contributed by atoms with Gasteiger partial charge in [0.25, 0.3) is 5.91 Å². The molecule has 110 valence electrons. The highest BCUT2D eigenvalue weighted by atomic mass is 32.1. The minimum Gasteiger partial charge on any atom is -0.481 e. The van der Waals surface area contributed by atoms with E-state index in [9.17, 15) is 9.59 Å². The van der Waals surface area contributed by atoms with Gasteiger partial charge in [0, 0.05) is 13.2 Å². The van der Waals surface area contributed by atoms with Crippen LogP contribution in [-0.2, 0) is 16.0 Å². The maximum absolute atomic E-state index is 12.4. The lowest BCUT2D eigenvalue weighted by Crippen LogP contribution is -2.53. The quantitative estimate of drug-likeness (QED) is 0.872. The maximum atomic E-state index is 12.4. The molecule has 1 aliphatic heterocycles. The van der Waals surface area contributed by atoms with Crippen LogP contribution in [0.2, 0.25) is 0 Å². The molecule has 0 spiro atoms. The summed E-state index contributed by atoms with van der Waals surface area (Å²) in [6.45, 7) is 2.97. The molecule has 5 nitrogen and oxygen atoms in total. The molecule has 2 N–H and O–H groups in total. The molecule has 0 saturated carbocycles. The van der Waals surface area contributed by atoms with E-state index < -0.39 is 11.5 Å². The van der Waals surface area contributed by atoms with E-state index >= 15 is 0 Å². The minimum absolute atomic E-state index is 0.0606. The molecular weight excluding hydrogens is 278 g/mol. The van der Waals surface area contributed by atoms with E-state index in [2.05, 4.69) is 5.32 Å². The molecule has 0 bridgehead atoms. The summed E-state index contributed by atoms with van der Waals surface area (Å²) in [6.07, 6.45) is 1.81. The Balaban J connectivity index is 2.15. The van der Waals surface area contributed by atoms with Crippen LogP contribution in [0.15, 0.2) is 11.4 Å². The molecule has 20 heavy (non-hydrogen) atoms. The van der Waals surface area contributed by atoms with Crippen molar-refractivity contribution in [1.29, 1.82) is 0 Å². The second-order valence-electron chi connectivity index (χ2n) is 5.05. The fraction of sp³-hybridized carbons (Fsp3) is 0.571. The summed E-state index contributed by atoms with van der Waals surface area (Å²) >= 11 is 1.40. The molecule has 0 aromatic carbocycles. The van der Waals surface area contributed by atoms with Crippen molar-refractivity contribution in [3.63, 3.8) is 0 Å². The zero-order chi connectivity index (χ0) is 14.6. The van der Waals surface area contributed by atoms with Crippen LogP contribution >= 0.6 is 11.3 Å². The number of carboxylic acid groups (broad SMARTS) is 1. The Bertz CT molecular complexity index is 491. The van der Waals surface area contributed by atoms with Crippen LogP contribution in [0, 0.1) is 0 Å². The van der Waals surface area contributed by atoms with Crippen molar-refractivity contribution >= 4 is 23.2 Å². The molecule has 1 amide bonds. The van der Waals surface area contributed by atoms with Crippen LogP contribution in [0.25, 0.3) is 0 Å². The molecule has 6 heteroatoms. The topological polar surface area (TPSA) is 75.6 Å². The summed E-state index contributed by atoms with van der Waals surface area (Å²) in [7, 11) is 0. The highest BCUT2D eigenvalue weighted by Gasteiger charge is 2.37. The van der Waals surface area contributed by atoms with Crippen LogP contribution in [0.4, 0.5) is 0 Å². The largest absolute Gasteiger partial charge is 0.481 e. The zero-order valence-corrected chi connectivity index (χ0v) is 12.3. The van der Waals surface area contributed by atoms with Gasteiger partial charge in [0.2, 0.25) is 0 Å². The third kappa shape index (κ3) is 3.37. The van der Waals surface area contributed by atoms with Gasteiger partial charge in [-0.05, 0) is 36.3 Å². The molecular formula is C14H19NO4S. The van der Waals surface area contributed by atoms with Crippen LogP contribution in [0.5, 0.6) is 0 Å². The van der Waals surface area contributed by atoms with Gasteiger partial charge in [-0.3, -0.25) is 9.59 Å². The van der Waals surface area contributed by atoms with E-state index in [1.54, 1.807) is 0 Å². The van der Waals surface area contributed by atoms with Crippen molar-refractivity contribution in [3.05, 3.63) is 21.9 Å². The molecule has 1 aromatic rings. The minimum atomic E-state index is -0.894. The van der Waals surface area contributed by atoms with E-state index in [-0.39, 0.29) is 12.3 Å². The molecule has 1 fully saturated rings. The summed E-state index contributed by atoms with van der Waals surface area (Å²) in [5.74, 6) is -1.06. The van der Waals surface area contributed by atoms with Gasteiger partial charge in [0.1, 0.15) is 0 Å². The normalized spacial score (nSPS) is 17.6. The van der Waals surface area contributed by atoms with Crippen molar-refractivity contribution in [3.8, 4) is 0 Å². The second kappa shape index (κ2) is 6.37. The smallest absolute Gasteiger partial charge is 0.305 e. The Morgan fingerprint density at radius 2 is 2.15 bits per heavy atom. The number of carbonyl (C=O) groups excluding carboxylic acids is 1. The third-order valence-electron chi connectivity index (χ3n) is 3.65. The number of amides is 1. The number of carboxylic acids is 1. The van der Waals surface area contributed by atoms with Gasteiger partial charge < -0.3 is 15.2 Å². The number of aliphatic carboxylic acids is 1. The highest BCUT2D eigenvalue weighted by Crippen LogP contribution is 2.26. The molecule has 1 aliphatic rings. The number of ether oxygens (including phenoxy) is 1. The first-order valence-electron chi connectivity index (χ1n) is 6.75. The lowest BCUT2D eigenvalue weighted by Gasteiger charge is -2.36. The second-order valence-corrected chi connectivity index (χ2v) is 5.96. The molecule has 1 aromatic heterocycles. The van der Waals surface area contributed by atoms with E-state index in [1.165, 1.54) is 11.3 Å². The Hall–Kier alpha value is -1.40. The number of hydrogen-bond donors (Lipinski definition) is 2. The first kappa shape index (κ1) is 15.0. The molecule has 2 heterocycles. The van der Waals surface area contributed by atoms with Crippen molar-refractivity contribution in [2.75, 3.05) is 13.2 Å². The van der Waals surface area contributed by atoms with Gasteiger partial charge in [-0.25, -0.2) is 0 Å². The summed E-state index contributed by atoms with van der Waals surface area (Å²) < 4.78 is 5.28. The predicted molar refractivity (Wildman–Crippen MR) is 76.2 cm³/mol. The molecule has 0 atom stereocenters. The first-order chi connectivity index (χ1) is 9.56. The Morgan fingerprint density at radius 1 is 1.45 bits per heavy atom. The number of nitrogens with one attached hydrogen (secondary N) is 1. The maximum Gasteiger partial charge on any atom is 0.305 e. The fourth-order valence-electron chi connectivity index (χ4n) is 2.51. The number of rotatable bonds is 5. The van der Waals surface area contributed by atoms with Crippen molar-refractivity contribution in [2.45, 2.75) is 38.1 Å². The van der Waals surface area contributed by atoms with Gasteiger partial charge in [-0.2, -0.15) is 0 Å². The molecule has 2 rings (SSSR count). The number of thiophene rings is 1. The average Bonchev–Trinajstić information content (AvgIpc) is 2.87. The number of carbonyl (C=O) groups is 2. The van der Waals surface area contributed by atoms with Crippen LogP contribution in [-0.4, -0.2) is 35.7 Å². The molecule has 0 radical (unpaired) electrons. The van der Waals surface area contributed by atoms with Gasteiger partial charge in [0.05, 0.1) is 16.8 Å². The number of hydrogen-bond acceptors (Lipinski definition) is 4. The lowest BCUT2D eigenvalue weighted by atomic mass is 9.86. The molecule has 1 saturated heterocycles. The monoisotopic (exact) mass is 297 g/mol. The van der Waals surface area contributed by atoms with E-state index in [0.717, 1.165) is 12.0 Å². The van der Waals surface area contributed by atoms with Gasteiger partial charge in [-0.1, -0.05) is 6.92 Å². The fourth-order valence-corrected chi connectivity index (χ4v) is 3.40. The van der Waals surface area contributed by atoms with Gasteiger partial charge >= 0.3 is 5.97 Å². The molecule has 0 unspecified atom stereocenters. The van der Waals surface area contributed by atoms with Crippen molar-refractivity contribution in [1.82, 2.24) is 5.32 Å². The van der Waals surface area contributed by atoms with Gasteiger partial charge in [-0.15, -0.1) is 11.3 Å². The lowest BCUT2D eigenvalue weighted by molar-refractivity contribution is -0.139. The van der Waals surface area contributed by atoms with Gasteiger partial charge in [0.15, 0.2) is 0 Å². The zero-order valence-electron chi connectivity index (χ0n) is 11.5. The van der Waals surface area contributed by atoms with Crippen LogP contribution in [0.1, 0.15) is 41.4 Å². The number of aryl methyl sites for hydroxylation is 1. The predicted octanol–water partition coefficient (Wildman–Crippen LogP) is 2.06. The van der Waals surface area contributed by atoms with Crippen molar-refractivity contribution < 1.29 is 19.4 Å². The summed E-state index contributed by atoms with van der Waals surface area (Å²) in [4.78, 5) is 24.2. The summed E-state index contributed by atoms with van der Waals surface area (Å²) in [5, 5.41) is 13.9. The SMILES string of the molecule is CCc1ccsc1C(=O)NC1(CC(=O)O)CCOCC1.